The molecule has 2 heterocycles. The number of aromatic nitrogens is 4. The van der Waals surface area contributed by atoms with E-state index in [0.717, 1.165) is 0 Å². The van der Waals surface area contributed by atoms with Crippen molar-refractivity contribution in [2.45, 2.75) is 47.3 Å². The maximum atomic E-state index is 11.0. The lowest BCUT2D eigenvalue weighted by atomic mass is 10.2. The second-order valence-corrected chi connectivity index (χ2v) is 5.85. The second kappa shape index (κ2) is 6.86. The molecule has 2 aromatic heterocycles. The molecule has 0 unspecified atom stereocenters. The lowest BCUT2D eigenvalue weighted by Crippen LogP contribution is -2.08. The Bertz CT molecular complexity index is 691. The lowest BCUT2D eigenvalue weighted by molar-refractivity contribution is -0.386. The molecule has 0 aromatic carbocycles. The fraction of sp³-hybridized carbons (Fsp3) is 0.643. The summed E-state index contributed by atoms with van der Waals surface area (Å²) in [4.78, 5) is 14.9. The van der Waals surface area contributed by atoms with E-state index in [1.165, 1.54) is 4.68 Å². The molecular formula is C14H21N5O4. The molecule has 1 atom stereocenters. The summed E-state index contributed by atoms with van der Waals surface area (Å²) in [5.74, 6) is 1.20. The number of hydrogen-bond donors (Lipinski definition) is 0. The Morgan fingerprint density at radius 1 is 1.35 bits per heavy atom. The van der Waals surface area contributed by atoms with Crippen LogP contribution in [0.25, 0.3) is 0 Å². The van der Waals surface area contributed by atoms with Gasteiger partial charge in [0, 0.05) is 6.61 Å². The topological polar surface area (TPSA) is 109 Å². The first-order valence-corrected chi connectivity index (χ1v) is 7.42. The van der Waals surface area contributed by atoms with E-state index in [9.17, 15) is 10.1 Å². The van der Waals surface area contributed by atoms with Crippen LogP contribution < -0.4 is 0 Å². The molecule has 0 aliphatic carbocycles. The van der Waals surface area contributed by atoms with Gasteiger partial charge in [-0.3, -0.25) is 14.8 Å². The quantitative estimate of drug-likeness (QED) is 0.569. The minimum Gasteiger partial charge on any atom is -0.370 e. The molecule has 0 spiro atoms. The van der Waals surface area contributed by atoms with Gasteiger partial charge in [0.25, 0.3) is 0 Å². The van der Waals surface area contributed by atoms with Crippen LogP contribution in [0.3, 0.4) is 0 Å². The Morgan fingerprint density at radius 2 is 2.04 bits per heavy atom. The van der Waals surface area contributed by atoms with Crippen molar-refractivity contribution >= 4 is 5.69 Å². The van der Waals surface area contributed by atoms with Crippen LogP contribution in [0.15, 0.2) is 4.52 Å². The van der Waals surface area contributed by atoms with Gasteiger partial charge in [-0.2, -0.15) is 10.1 Å². The van der Waals surface area contributed by atoms with E-state index in [1.54, 1.807) is 13.8 Å². The number of aryl methyl sites for hydroxylation is 1. The minimum absolute atomic E-state index is 0.0124. The van der Waals surface area contributed by atoms with E-state index < -0.39 is 4.92 Å². The van der Waals surface area contributed by atoms with E-state index in [4.69, 9.17) is 9.26 Å². The predicted octanol–water partition coefficient (Wildman–Crippen LogP) is 2.57. The van der Waals surface area contributed by atoms with Crippen LogP contribution in [0.5, 0.6) is 0 Å². The first kappa shape index (κ1) is 17.1. The fourth-order valence-electron chi connectivity index (χ4n) is 2.14. The van der Waals surface area contributed by atoms with Crippen molar-refractivity contribution < 1.29 is 14.2 Å². The van der Waals surface area contributed by atoms with E-state index in [2.05, 4.69) is 29.1 Å². The van der Waals surface area contributed by atoms with Crippen LogP contribution in [0.4, 0.5) is 5.69 Å². The third-order valence-corrected chi connectivity index (χ3v) is 3.34. The van der Waals surface area contributed by atoms with Crippen molar-refractivity contribution in [1.82, 2.24) is 19.9 Å². The van der Waals surface area contributed by atoms with Crippen LogP contribution in [0, 0.1) is 29.9 Å². The number of nitro groups is 1. The first-order valence-electron chi connectivity index (χ1n) is 7.42. The van der Waals surface area contributed by atoms with Crippen molar-refractivity contribution in [3.63, 3.8) is 0 Å². The molecule has 0 fully saturated rings. The smallest absolute Gasteiger partial charge is 0.312 e. The van der Waals surface area contributed by atoms with Crippen molar-refractivity contribution in [1.29, 1.82) is 0 Å². The summed E-state index contributed by atoms with van der Waals surface area (Å²) in [7, 11) is 0. The average molecular weight is 323 g/mol. The molecule has 9 nitrogen and oxygen atoms in total. The highest BCUT2D eigenvalue weighted by molar-refractivity contribution is 5.39. The van der Waals surface area contributed by atoms with E-state index in [1.807, 2.05) is 6.92 Å². The van der Waals surface area contributed by atoms with Crippen LogP contribution in [-0.2, 0) is 11.3 Å². The van der Waals surface area contributed by atoms with Gasteiger partial charge in [0.1, 0.15) is 24.0 Å². The number of ether oxygens (including phenoxy) is 1. The monoisotopic (exact) mass is 323 g/mol. The fourth-order valence-corrected chi connectivity index (χ4v) is 2.14. The Labute approximate surface area is 133 Å². The minimum atomic E-state index is -0.435. The Hall–Kier alpha value is -2.29. The van der Waals surface area contributed by atoms with Gasteiger partial charge in [0.05, 0.1) is 4.92 Å². The molecule has 126 valence electrons. The predicted molar refractivity (Wildman–Crippen MR) is 81.0 cm³/mol. The summed E-state index contributed by atoms with van der Waals surface area (Å²) in [6.45, 7) is 10.0. The van der Waals surface area contributed by atoms with Gasteiger partial charge < -0.3 is 9.26 Å². The molecule has 0 aliphatic heterocycles. The Balaban J connectivity index is 2.10. The molecule has 0 saturated carbocycles. The van der Waals surface area contributed by atoms with Gasteiger partial charge >= 0.3 is 5.69 Å². The van der Waals surface area contributed by atoms with Gasteiger partial charge in [0.2, 0.25) is 5.89 Å². The summed E-state index contributed by atoms with van der Waals surface area (Å²) in [5, 5.41) is 19.1. The van der Waals surface area contributed by atoms with Crippen molar-refractivity contribution in [3.8, 4) is 0 Å². The number of nitrogens with zero attached hydrogens (tertiary/aromatic N) is 5. The van der Waals surface area contributed by atoms with E-state index in [-0.39, 0.29) is 18.3 Å². The van der Waals surface area contributed by atoms with Crippen molar-refractivity contribution in [3.05, 3.63) is 33.2 Å². The summed E-state index contributed by atoms with van der Waals surface area (Å²) < 4.78 is 12.3. The highest BCUT2D eigenvalue weighted by atomic mass is 16.6. The summed E-state index contributed by atoms with van der Waals surface area (Å²) >= 11 is 0. The summed E-state index contributed by atoms with van der Waals surface area (Å²) in [6, 6.07) is 0. The first-order chi connectivity index (χ1) is 10.8. The van der Waals surface area contributed by atoms with Crippen LogP contribution >= 0.6 is 0 Å². The van der Waals surface area contributed by atoms with Gasteiger partial charge in [-0.15, -0.1) is 0 Å². The Morgan fingerprint density at radius 3 is 2.61 bits per heavy atom. The molecule has 0 N–H and O–H groups in total. The van der Waals surface area contributed by atoms with Crippen LogP contribution in [-0.4, -0.2) is 31.5 Å². The summed E-state index contributed by atoms with van der Waals surface area (Å²) in [5.41, 5.74) is 0.829. The van der Waals surface area contributed by atoms with Gasteiger partial charge in [0.15, 0.2) is 5.82 Å². The SMILES string of the molecule is Cc1nn(Cc2nc([C@@H](C)OCC(C)C)no2)c(C)c1[N+](=O)[O-]. The lowest BCUT2D eigenvalue weighted by Gasteiger charge is -2.10. The molecule has 0 aliphatic rings. The Kier molecular flexibility index (Phi) is 5.09. The van der Waals surface area contributed by atoms with Crippen molar-refractivity contribution in [2.24, 2.45) is 5.92 Å². The van der Waals surface area contributed by atoms with Gasteiger partial charge in [-0.05, 0) is 26.7 Å². The van der Waals surface area contributed by atoms with Crippen LogP contribution in [0.2, 0.25) is 0 Å². The number of hydrogen-bond acceptors (Lipinski definition) is 7. The number of rotatable bonds is 7. The third kappa shape index (κ3) is 3.92. The third-order valence-electron chi connectivity index (χ3n) is 3.34. The highest BCUT2D eigenvalue weighted by Crippen LogP contribution is 2.22. The normalized spacial score (nSPS) is 12.8. The molecule has 0 saturated heterocycles. The highest BCUT2D eigenvalue weighted by Gasteiger charge is 2.23. The largest absolute Gasteiger partial charge is 0.370 e. The van der Waals surface area contributed by atoms with E-state index >= 15 is 0 Å². The average Bonchev–Trinajstić information content (AvgIpc) is 3.02. The molecule has 23 heavy (non-hydrogen) atoms. The van der Waals surface area contributed by atoms with E-state index in [0.29, 0.717) is 35.6 Å². The van der Waals surface area contributed by atoms with Gasteiger partial charge in [-0.1, -0.05) is 19.0 Å². The van der Waals surface area contributed by atoms with Crippen molar-refractivity contribution in [2.75, 3.05) is 6.61 Å². The summed E-state index contributed by atoms with van der Waals surface area (Å²) in [6.07, 6.45) is -0.273. The standard InChI is InChI=1S/C14H21N5O4/c1-8(2)7-22-11(5)14-15-12(23-17-14)6-18-10(4)13(19(20)21)9(3)16-18/h8,11H,6-7H2,1-5H3/t11-/m1/s1. The second-order valence-electron chi connectivity index (χ2n) is 5.85. The van der Waals surface area contributed by atoms with Crippen LogP contribution in [0.1, 0.15) is 50.0 Å². The maximum absolute atomic E-state index is 11.0. The molecular weight excluding hydrogens is 302 g/mol. The molecule has 0 amide bonds. The molecule has 0 radical (unpaired) electrons. The molecule has 0 bridgehead atoms. The maximum Gasteiger partial charge on any atom is 0.312 e. The molecule has 2 aromatic rings. The molecule has 2 rings (SSSR count). The van der Waals surface area contributed by atoms with Gasteiger partial charge in [-0.25, -0.2) is 0 Å². The molecule has 9 heteroatoms. The zero-order valence-electron chi connectivity index (χ0n) is 13.9. The zero-order chi connectivity index (χ0) is 17.1. The zero-order valence-corrected chi connectivity index (χ0v) is 13.9.